The molecule has 2 aromatic rings. The molecule has 1 aliphatic carbocycles. The number of ketones is 2. The van der Waals surface area contributed by atoms with Gasteiger partial charge in [-0.05, 0) is 49.9 Å². The number of nitrogens with zero attached hydrogens (tertiary/aromatic N) is 2. The highest BCUT2D eigenvalue weighted by molar-refractivity contribution is 9.10. The van der Waals surface area contributed by atoms with E-state index in [0.29, 0.717) is 16.0 Å². The van der Waals surface area contributed by atoms with Crippen LogP contribution < -0.4 is 4.74 Å². The van der Waals surface area contributed by atoms with Crippen LogP contribution in [-0.2, 0) is 11.2 Å². The predicted octanol–water partition coefficient (Wildman–Crippen LogP) is 4.72. The summed E-state index contributed by atoms with van der Waals surface area (Å²) in [6, 6.07) is 5.52. The van der Waals surface area contributed by atoms with Gasteiger partial charge in [-0.25, -0.2) is 4.68 Å². The highest BCUT2D eigenvalue weighted by atomic mass is 79.9. The first-order valence-electron chi connectivity index (χ1n) is 8.67. The fourth-order valence-electron chi connectivity index (χ4n) is 2.88. The molecule has 1 saturated carbocycles. The molecule has 0 atom stereocenters. The van der Waals surface area contributed by atoms with Gasteiger partial charge in [-0.3, -0.25) is 9.59 Å². The number of ether oxygens (including phenoxy) is 1. The Morgan fingerprint density at radius 3 is 2.67 bits per heavy atom. The Balaban J connectivity index is 1.93. The van der Waals surface area contributed by atoms with Crippen LogP contribution in [0.4, 0.5) is 8.78 Å². The maximum Gasteiger partial charge on any atom is 0.333 e. The SMILES string of the molecule is CC(=O)CC(=O)c1nn(C(F)F)cc1Cc1cc(Br)ccc1OC1CCC1. The summed E-state index contributed by atoms with van der Waals surface area (Å²) in [4.78, 5) is 23.6. The predicted molar refractivity (Wildman–Crippen MR) is 98.3 cm³/mol. The van der Waals surface area contributed by atoms with Crippen molar-refractivity contribution in [1.29, 1.82) is 0 Å². The van der Waals surface area contributed by atoms with Crippen LogP contribution in [-0.4, -0.2) is 27.5 Å². The summed E-state index contributed by atoms with van der Waals surface area (Å²) in [5.74, 6) is -0.236. The summed E-state index contributed by atoms with van der Waals surface area (Å²) in [6.45, 7) is -1.59. The first kappa shape index (κ1) is 19.7. The Morgan fingerprint density at radius 2 is 2.07 bits per heavy atom. The van der Waals surface area contributed by atoms with Gasteiger partial charge in [-0.15, -0.1) is 0 Å². The van der Waals surface area contributed by atoms with Crippen molar-refractivity contribution in [2.75, 3.05) is 0 Å². The fraction of sp³-hybridized carbons (Fsp3) is 0.421. The van der Waals surface area contributed by atoms with E-state index in [1.54, 1.807) is 0 Å². The highest BCUT2D eigenvalue weighted by Crippen LogP contribution is 2.31. The lowest BCUT2D eigenvalue weighted by Crippen LogP contribution is -2.25. The molecule has 0 bridgehead atoms. The second-order valence-corrected chi connectivity index (χ2v) is 7.58. The molecule has 3 rings (SSSR count). The fourth-order valence-corrected chi connectivity index (χ4v) is 3.29. The van der Waals surface area contributed by atoms with Gasteiger partial charge >= 0.3 is 6.55 Å². The largest absolute Gasteiger partial charge is 0.490 e. The quantitative estimate of drug-likeness (QED) is 0.439. The topological polar surface area (TPSA) is 61.2 Å². The third-order valence-electron chi connectivity index (χ3n) is 4.43. The minimum absolute atomic E-state index is 0.0972. The van der Waals surface area contributed by atoms with Crippen LogP contribution in [0.1, 0.15) is 60.8 Å². The van der Waals surface area contributed by atoms with E-state index in [9.17, 15) is 18.4 Å². The molecule has 0 N–H and O–H groups in total. The van der Waals surface area contributed by atoms with E-state index in [1.165, 1.54) is 6.92 Å². The number of hydrogen-bond acceptors (Lipinski definition) is 4. The van der Waals surface area contributed by atoms with Crippen molar-refractivity contribution in [1.82, 2.24) is 9.78 Å². The second-order valence-electron chi connectivity index (χ2n) is 6.66. The van der Waals surface area contributed by atoms with E-state index < -0.39 is 12.3 Å². The van der Waals surface area contributed by atoms with E-state index >= 15 is 0 Å². The normalized spacial score (nSPS) is 14.3. The summed E-state index contributed by atoms with van der Waals surface area (Å²) in [5.41, 5.74) is 1.01. The number of benzene rings is 1. The van der Waals surface area contributed by atoms with E-state index in [2.05, 4.69) is 21.0 Å². The van der Waals surface area contributed by atoms with Gasteiger partial charge in [0.2, 0.25) is 0 Å². The third-order valence-corrected chi connectivity index (χ3v) is 4.92. The van der Waals surface area contributed by atoms with Crippen molar-refractivity contribution in [2.24, 2.45) is 0 Å². The molecule has 8 heteroatoms. The minimum Gasteiger partial charge on any atom is -0.490 e. The van der Waals surface area contributed by atoms with Crippen molar-refractivity contribution >= 4 is 27.5 Å². The maximum absolute atomic E-state index is 13.1. The van der Waals surface area contributed by atoms with Crippen LogP contribution in [0.3, 0.4) is 0 Å². The van der Waals surface area contributed by atoms with Crippen molar-refractivity contribution in [2.45, 2.75) is 51.7 Å². The lowest BCUT2D eigenvalue weighted by molar-refractivity contribution is -0.116. The number of halogens is 3. The van der Waals surface area contributed by atoms with Gasteiger partial charge in [0.1, 0.15) is 17.2 Å². The van der Waals surface area contributed by atoms with Gasteiger partial charge in [-0.2, -0.15) is 13.9 Å². The summed E-state index contributed by atoms with van der Waals surface area (Å²) < 4.78 is 33.4. The van der Waals surface area contributed by atoms with Crippen LogP contribution in [0.2, 0.25) is 0 Å². The molecule has 0 amide bonds. The zero-order valence-electron chi connectivity index (χ0n) is 14.8. The molecule has 0 aliphatic heterocycles. The highest BCUT2D eigenvalue weighted by Gasteiger charge is 2.24. The zero-order chi connectivity index (χ0) is 19.6. The minimum atomic E-state index is -2.86. The van der Waals surface area contributed by atoms with Gasteiger partial charge in [0, 0.05) is 22.7 Å². The molecule has 27 heavy (non-hydrogen) atoms. The molecule has 1 fully saturated rings. The van der Waals surface area contributed by atoms with Crippen molar-refractivity contribution in [3.8, 4) is 5.75 Å². The number of aromatic nitrogens is 2. The van der Waals surface area contributed by atoms with Gasteiger partial charge < -0.3 is 4.74 Å². The number of carbonyl (C=O) groups excluding carboxylic acids is 2. The molecule has 0 radical (unpaired) electrons. The zero-order valence-corrected chi connectivity index (χ0v) is 16.3. The Morgan fingerprint density at radius 1 is 1.33 bits per heavy atom. The van der Waals surface area contributed by atoms with E-state index in [-0.39, 0.29) is 30.4 Å². The summed E-state index contributed by atoms with van der Waals surface area (Å²) in [5, 5.41) is 3.71. The monoisotopic (exact) mass is 440 g/mol. The molecule has 0 unspecified atom stereocenters. The summed E-state index contributed by atoms with van der Waals surface area (Å²) >= 11 is 3.41. The van der Waals surface area contributed by atoms with E-state index in [0.717, 1.165) is 35.5 Å². The molecule has 1 aliphatic rings. The van der Waals surface area contributed by atoms with Crippen LogP contribution in [0.5, 0.6) is 5.75 Å². The number of hydrogen-bond donors (Lipinski definition) is 0. The Bertz CT molecular complexity index is 863. The summed E-state index contributed by atoms with van der Waals surface area (Å²) in [7, 11) is 0. The van der Waals surface area contributed by atoms with Crippen LogP contribution in [0.15, 0.2) is 28.9 Å². The van der Waals surface area contributed by atoms with Crippen LogP contribution in [0, 0.1) is 0 Å². The van der Waals surface area contributed by atoms with Gasteiger partial charge in [0.15, 0.2) is 5.78 Å². The molecular weight excluding hydrogens is 422 g/mol. The Kier molecular flexibility index (Phi) is 6.04. The first-order valence-corrected chi connectivity index (χ1v) is 9.46. The Labute approximate surface area is 163 Å². The average Bonchev–Trinajstić information content (AvgIpc) is 2.96. The Hall–Kier alpha value is -2.09. The number of alkyl halides is 2. The van der Waals surface area contributed by atoms with E-state index in [4.69, 9.17) is 4.74 Å². The van der Waals surface area contributed by atoms with Crippen molar-refractivity contribution in [3.05, 3.63) is 45.7 Å². The van der Waals surface area contributed by atoms with Crippen molar-refractivity contribution < 1.29 is 23.1 Å². The molecule has 1 heterocycles. The first-order chi connectivity index (χ1) is 12.8. The molecule has 1 aromatic heterocycles. The summed E-state index contributed by atoms with van der Waals surface area (Å²) in [6.07, 6.45) is 4.26. The molecule has 1 aromatic carbocycles. The molecule has 5 nitrogen and oxygen atoms in total. The standard InChI is InChI=1S/C19H19BrF2N2O3/c1-11(25)7-16(26)18-13(10-24(23-18)19(21)22)8-12-9-14(20)5-6-17(12)27-15-3-2-4-15/h5-6,9-10,15,19H,2-4,7-8H2,1H3. The second kappa shape index (κ2) is 8.29. The number of Topliss-reactive ketones (excluding diaryl/α,β-unsaturated/α-hetero) is 2. The number of carbonyl (C=O) groups is 2. The third kappa shape index (κ3) is 4.80. The van der Waals surface area contributed by atoms with Crippen LogP contribution >= 0.6 is 15.9 Å². The molecule has 0 spiro atoms. The smallest absolute Gasteiger partial charge is 0.333 e. The lowest BCUT2D eigenvalue weighted by atomic mass is 9.95. The maximum atomic E-state index is 13.1. The van der Waals surface area contributed by atoms with Crippen LogP contribution in [0.25, 0.3) is 0 Å². The van der Waals surface area contributed by atoms with Gasteiger partial charge in [-0.1, -0.05) is 15.9 Å². The number of rotatable bonds is 8. The van der Waals surface area contributed by atoms with Crippen molar-refractivity contribution in [3.63, 3.8) is 0 Å². The molecule has 0 saturated heterocycles. The van der Waals surface area contributed by atoms with E-state index in [1.807, 2.05) is 18.2 Å². The lowest BCUT2D eigenvalue weighted by Gasteiger charge is -2.27. The molecular formula is C19H19BrF2N2O3. The van der Waals surface area contributed by atoms with Gasteiger partial charge in [0.05, 0.1) is 12.5 Å². The average molecular weight is 441 g/mol. The van der Waals surface area contributed by atoms with Gasteiger partial charge in [0.25, 0.3) is 0 Å². The molecule has 144 valence electrons.